The van der Waals surface area contributed by atoms with Gasteiger partial charge < -0.3 is 9.64 Å². The highest BCUT2D eigenvalue weighted by atomic mass is 79.9. The lowest BCUT2D eigenvalue weighted by atomic mass is 10.1. The summed E-state index contributed by atoms with van der Waals surface area (Å²) in [6.45, 7) is 0.288. The van der Waals surface area contributed by atoms with Crippen LogP contribution in [0.4, 0.5) is 4.39 Å². The third kappa shape index (κ3) is 4.48. The first-order valence-electron chi connectivity index (χ1n) is 8.14. The van der Waals surface area contributed by atoms with E-state index < -0.39 is 0 Å². The van der Waals surface area contributed by atoms with E-state index in [2.05, 4.69) is 15.9 Å². The molecule has 25 heavy (non-hydrogen) atoms. The van der Waals surface area contributed by atoms with Gasteiger partial charge in [-0.2, -0.15) is 0 Å². The van der Waals surface area contributed by atoms with Crippen LogP contribution in [-0.4, -0.2) is 24.0 Å². The minimum Gasteiger partial charge on any atom is -0.496 e. The largest absolute Gasteiger partial charge is 0.496 e. The fraction of sp³-hybridized carbons (Fsp3) is 0.250. The number of rotatable bonds is 6. The molecule has 5 heteroatoms. The number of carbonyl (C=O) groups excluding carboxylic acids is 1. The highest BCUT2D eigenvalue weighted by Gasteiger charge is 2.32. The van der Waals surface area contributed by atoms with Crippen LogP contribution < -0.4 is 4.74 Å². The molecular formula is C20H19BrFNO2. The van der Waals surface area contributed by atoms with Gasteiger partial charge in [-0.05, 0) is 43.2 Å². The van der Waals surface area contributed by atoms with Crippen LogP contribution in [0.1, 0.15) is 24.0 Å². The molecule has 1 fully saturated rings. The van der Waals surface area contributed by atoms with Crippen molar-refractivity contribution >= 4 is 27.9 Å². The van der Waals surface area contributed by atoms with Gasteiger partial charge in [-0.25, -0.2) is 4.39 Å². The van der Waals surface area contributed by atoms with E-state index in [9.17, 15) is 9.18 Å². The quantitative estimate of drug-likeness (QED) is 0.648. The number of amides is 1. The molecule has 3 nitrogen and oxygen atoms in total. The smallest absolute Gasteiger partial charge is 0.247 e. The Labute approximate surface area is 155 Å². The van der Waals surface area contributed by atoms with Crippen LogP contribution in [-0.2, 0) is 11.3 Å². The summed E-state index contributed by atoms with van der Waals surface area (Å²) < 4.78 is 20.1. The molecule has 130 valence electrons. The number of carbonyl (C=O) groups is 1. The molecule has 0 N–H and O–H groups in total. The van der Waals surface area contributed by atoms with Crippen LogP contribution in [0.5, 0.6) is 5.75 Å². The number of hydrogen-bond acceptors (Lipinski definition) is 2. The maximum absolute atomic E-state index is 13.9. The first-order chi connectivity index (χ1) is 12.1. The number of benzene rings is 2. The first kappa shape index (κ1) is 17.7. The second kappa shape index (κ2) is 7.83. The number of halogens is 2. The van der Waals surface area contributed by atoms with Gasteiger partial charge in [-0.3, -0.25) is 4.79 Å². The van der Waals surface area contributed by atoms with Crippen molar-refractivity contribution in [1.29, 1.82) is 0 Å². The molecule has 0 aliphatic heterocycles. The van der Waals surface area contributed by atoms with Crippen LogP contribution in [0.25, 0.3) is 6.08 Å². The highest BCUT2D eigenvalue weighted by Crippen LogP contribution is 2.30. The average Bonchev–Trinajstić information content (AvgIpc) is 3.44. The molecule has 0 aromatic heterocycles. The van der Waals surface area contributed by atoms with Crippen molar-refractivity contribution in [3.63, 3.8) is 0 Å². The second-order valence-electron chi connectivity index (χ2n) is 6.01. The van der Waals surface area contributed by atoms with Crippen molar-refractivity contribution < 1.29 is 13.9 Å². The van der Waals surface area contributed by atoms with E-state index in [1.807, 2.05) is 18.2 Å². The van der Waals surface area contributed by atoms with Crippen LogP contribution in [0.3, 0.4) is 0 Å². The topological polar surface area (TPSA) is 29.5 Å². The fourth-order valence-electron chi connectivity index (χ4n) is 2.68. The number of methoxy groups -OCH3 is 1. The Kier molecular flexibility index (Phi) is 5.53. The lowest BCUT2D eigenvalue weighted by Crippen LogP contribution is -2.31. The van der Waals surface area contributed by atoms with Crippen molar-refractivity contribution in [2.24, 2.45) is 0 Å². The molecule has 1 aliphatic rings. The summed E-state index contributed by atoms with van der Waals surface area (Å²) in [5.74, 6) is 0.297. The predicted molar refractivity (Wildman–Crippen MR) is 99.7 cm³/mol. The summed E-state index contributed by atoms with van der Waals surface area (Å²) in [5.41, 5.74) is 1.35. The Bertz CT molecular complexity index is 802. The van der Waals surface area contributed by atoms with Gasteiger partial charge in [0.25, 0.3) is 0 Å². The Hall–Kier alpha value is -2.14. The lowest BCUT2D eigenvalue weighted by Gasteiger charge is -2.21. The van der Waals surface area contributed by atoms with Crippen molar-refractivity contribution in [2.45, 2.75) is 25.4 Å². The van der Waals surface area contributed by atoms with Crippen molar-refractivity contribution in [3.8, 4) is 5.75 Å². The molecule has 0 radical (unpaired) electrons. The van der Waals surface area contributed by atoms with Crippen molar-refractivity contribution in [3.05, 3.63) is 70.0 Å². The molecule has 3 rings (SSSR count). The van der Waals surface area contributed by atoms with E-state index >= 15 is 0 Å². The standard InChI is InChI=1S/C20H19BrFNO2/c1-25-19-10-7-16(21)12-14(19)6-11-20(24)23(17-8-9-17)13-15-4-2-3-5-18(15)22/h2-7,10-12,17H,8-9,13H2,1H3/b11-6+. The summed E-state index contributed by atoms with van der Waals surface area (Å²) in [6, 6.07) is 12.4. The van der Waals surface area contributed by atoms with Gasteiger partial charge in [-0.1, -0.05) is 34.1 Å². The van der Waals surface area contributed by atoms with Crippen molar-refractivity contribution in [1.82, 2.24) is 4.90 Å². The van der Waals surface area contributed by atoms with Crippen LogP contribution in [0, 0.1) is 5.82 Å². The minimum absolute atomic E-state index is 0.118. The summed E-state index contributed by atoms with van der Waals surface area (Å²) in [5, 5.41) is 0. The molecule has 1 aliphatic carbocycles. The Morgan fingerprint density at radius 1 is 1.32 bits per heavy atom. The van der Waals surface area contributed by atoms with E-state index in [0.717, 1.165) is 22.9 Å². The second-order valence-corrected chi connectivity index (χ2v) is 6.92. The minimum atomic E-state index is -0.279. The first-order valence-corrected chi connectivity index (χ1v) is 8.93. The summed E-state index contributed by atoms with van der Waals surface area (Å²) >= 11 is 3.42. The zero-order valence-corrected chi connectivity index (χ0v) is 15.5. The molecule has 2 aromatic rings. The molecule has 0 spiro atoms. The highest BCUT2D eigenvalue weighted by molar-refractivity contribution is 9.10. The molecule has 2 aromatic carbocycles. The summed E-state index contributed by atoms with van der Waals surface area (Å²) in [4.78, 5) is 14.4. The van der Waals surface area contributed by atoms with Crippen LogP contribution in [0.15, 0.2) is 53.0 Å². The number of nitrogens with zero attached hydrogens (tertiary/aromatic N) is 1. The zero-order chi connectivity index (χ0) is 17.8. The average molecular weight is 404 g/mol. The van der Waals surface area contributed by atoms with Gasteiger partial charge in [0.05, 0.1) is 7.11 Å². The molecule has 0 heterocycles. The Morgan fingerprint density at radius 2 is 2.08 bits per heavy atom. The third-order valence-electron chi connectivity index (χ3n) is 4.17. The predicted octanol–water partition coefficient (Wildman–Crippen LogP) is 4.80. The lowest BCUT2D eigenvalue weighted by molar-refractivity contribution is -0.127. The molecule has 1 saturated carbocycles. The molecule has 0 bridgehead atoms. The van der Waals surface area contributed by atoms with E-state index in [1.165, 1.54) is 12.1 Å². The molecule has 0 saturated heterocycles. The van der Waals surface area contributed by atoms with Gasteiger partial charge in [-0.15, -0.1) is 0 Å². The van der Waals surface area contributed by atoms with Crippen molar-refractivity contribution in [2.75, 3.05) is 7.11 Å². The Morgan fingerprint density at radius 3 is 2.76 bits per heavy atom. The Balaban J connectivity index is 1.78. The molecule has 1 amide bonds. The summed E-state index contributed by atoms with van der Waals surface area (Å²) in [6.07, 6.45) is 5.20. The van der Waals surface area contributed by atoms with E-state index in [1.54, 1.807) is 36.3 Å². The van der Waals surface area contributed by atoms with E-state index in [4.69, 9.17) is 4.74 Å². The normalized spacial score (nSPS) is 13.9. The van der Waals surface area contributed by atoms with Gasteiger partial charge in [0.15, 0.2) is 0 Å². The van der Waals surface area contributed by atoms with Gasteiger partial charge in [0, 0.05) is 34.3 Å². The SMILES string of the molecule is COc1ccc(Br)cc1/C=C/C(=O)N(Cc1ccccc1F)C1CC1. The van der Waals surface area contributed by atoms with Crippen LogP contribution in [0.2, 0.25) is 0 Å². The monoisotopic (exact) mass is 403 g/mol. The molecule has 0 atom stereocenters. The van der Waals surface area contributed by atoms with E-state index in [-0.39, 0.29) is 24.3 Å². The molecular weight excluding hydrogens is 385 g/mol. The number of ether oxygens (including phenoxy) is 1. The third-order valence-corrected chi connectivity index (χ3v) is 4.66. The summed E-state index contributed by atoms with van der Waals surface area (Å²) in [7, 11) is 1.59. The van der Waals surface area contributed by atoms with Gasteiger partial charge in [0.2, 0.25) is 5.91 Å². The zero-order valence-electron chi connectivity index (χ0n) is 13.9. The molecule has 0 unspecified atom stereocenters. The van der Waals surface area contributed by atoms with E-state index in [0.29, 0.717) is 11.3 Å². The number of hydrogen-bond donors (Lipinski definition) is 0. The van der Waals surface area contributed by atoms with Gasteiger partial charge >= 0.3 is 0 Å². The van der Waals surface area contributed by atoms with Crippen LogP contribution >= 0.6 is 15.9 Å². The maximum atomic E-state index is 13.9. The maximum Gasteiger partial charge on any atom is 0.247 e. The van der Waals surface area contributed by atoms with Gasteiger partial charge in [0.1, 0.15) is 11.6 Å². The fourth-order valence-corrected chi connectivity index (χ4v) is 3.05.